The lowest BCUT2D eigenvalue weighted by Gasteiger charge is -2.34. The maximum atomic E-state index is 14.1. The number of likely N-dealkylation sites (tertiary alicyclic amines) is 1. The minimum absolute atomic E-state index is 0.0107. The van der Waals surface area contributed by atoms with E-state index < -0.39 is 23.5 Å². The fourth-order valence-electron chi connectivity index (χ4n) is 11.1. The second kappa shape index (κ2) is 25.9. The highest BCUT2D eigenvalue weighted by Crippen LogP contribution is 2.37. The standard InChI is InChI=1S/C61H78N6O8S/c1-39-46(37-68)30-45(59(73)65-51-25-24-42-22-23-44(31-49(42)51)52-36-66-28-12-15-56(66)64-52)32-55(39)75-29-13-27-62-57(72)16-11-9-7-6-8-10-14-47(69)33-50(61(3,4)5)60(74)67-35-48(70)34-53(67)54(71)26-19-41-17-20-43(21-18-41)58-40(2)63-38-76-58/h17-18,20-23,30-32,36,38,48,50-51,53,68,70H,6-16,19,24-29,33-35,37H2,1-5H3,(H,62,72)(H,65,73)/t48-,50-,51-,53+/m1/s1. The highest BCUT2D eigenvalue weighted by Gasteiger charge is 2.44. The van der Waals surface area contributed by atoms with Gasteiger partial charge in [0, 0.05) is 81.4 Å². The second-order valence-electron chi connectivity index (χ2n) is 22.4. The number of carbonyl (C=O) groups excluding carboxylic acids is 5. The molecule has 0 radical (unpaired) electrons. The molecule has 3 aliphatic rings. The number of fused-ring (bicyclic) bond motifs is 2. The molecule has 4 heterocycles. The number of aryl methyl sites for hydroxylation is 5. The molecule has 4 atom stereocenters. The van der Waals surface area contributed by atoms with Crippen molar-refractivity contribution in [3.8, 4) is 27.4 Å². The van der Waals surface area contributed by atoms with Crippen molar-refractivity contribution in [1.82, 2.24) is 30.1 Å². The Balaban J connectivity index is 0.693. The number of nitrogens with zero attached hydrogens (tertiary/aromatic N) is 4. The summed E-state index contributed by atoms with van der Waals surface area (Å²) in [5.74, 6) is 0.556. The average molecular weight is 1060 g/mol. The van der Waals surface area contributed by atoms with Gasteiger partial charge >= 0.3 is 0 Å². The van der Waals surface area contributed by atoms with E-state index in [4.69, 9.17) is 9.72 Å². The molecule has 8 rings (SSSR count). The summed E-state index contributed by atoms with van der Waals surface area (Å²) in [4.78, 5) is 79.3. The number of ether oxygens (including phenoxy) is 1. The van der Waals surface area contributed by atoms with Gasteiger partial charge in [-0.05, 0) is 116 Å². The quantitative estimate of drug-likeness (QED) is 0.0388. The number of Topliss-reactive ketones (excluding diaryl/α,β-unsaturated/α-hetero) is 2. The molecule has 1 fully saturated rings. The number of β-amino-alcohol motifs (C(OH)–C–C–N with tert-alkyl or cyclic N) is 1. The van der Waals surface area contributed by atoms with Crippen LogP contribution in [0.3, 0.4) is 0 Å². The number of aromatic nitrogens is 3. The Morgan fingerprint density at radius 2 is 1.64 bits per heavy atom. The molecule has 1 aliphatic carbocycles. The van der Waals surface area contributed by atoms with Crippen LogP contribution in [0.1, 0.15) is 166 Å². The predicted octanol–water partition coefficient (Wildman–Crippen LogP) is 9.94. The summed E-state index contributed by atoms with van der Waals surface area (Å²) in [7, 11) is 0. The van der Waals surface area contributed by atoms with Crippen LogP contribution < -0.4 is 15.4 Å². The molecule has 76 heavy (non-hydrogen) atoms. The van der Waals surface area contributed by atoms with E-state index >= 15 is 0 Å². The first-order valence-corrected chi connectivity index (χ1v) is 28.6. The molecule has 0 saturated carbocycles. The van der Waals surface area contributed by atoms with Crippen molar-refractivity contribution in [3.63, 3.8) is 0 Å². The van der Waals surface area contributed by atoms with Crippen molar-refractivity contribution in [1.29, 1.82) is 0 Å². The number of amides is 3. The molecule has 0 unspecified atom stereocenters. The molecule has 15 heteroatoms. The number of imidazole rings is 1. The fourth-order valence-corrected chi connectivity index (χ4v) is 11.9. The minimum Gasteiger partial charge on any atom is -0.493 e. The van der Waals surface area contributed by atoms with Crippen LogP contribution in [-0.2, 0) is 51.6 Å². The van der Waals surface area contributed by atoms with Gasteiger partial charge in [-0.2, -0.15) is 0 Å². The molecule has 5 aromatic rings. The van der Waals surface area contributed by atoms with Gasteiger partial charge in [0.1, 0.15) is 17.4 Å². The lowest BCUT2D eigenvalue weighted by Crippen LogP contribution is -2.47. The molecule has 4 N–H and O–H groups in total. The number of nitrogens with one attached hydrogen (secondary N) is 2. The van der Waals surface area contributed by atoms with Crippen LogP contribution in [0.5, 0.6) is 5.75 Å². The molecular weight excluding hydrogens is 977 g/mol. The normalized spacial score (nSPS) is 17.4. The number of aliphatic hydroxyl groups excluding tert-OH is 2. The average Bonchev–Trinajstić information content (AvgIpc) is 4.27. The molecule has 0 spiro atoms. The Morgan fingerprint density at radius 3 is 2.37 bits per heavy atom. The van der Waals surface area contributed by atoms with Crippen molar-refractivity contribution in [3.05, 3.63) is 111 Å². The third-order valence-electron chi connectivity index (χ3n) is 15.7. The minimum atomic E-state index is -0.783. The summed E-state index contributed by atoms with van der Waals surface area (Å²) < 4.78 is 8.36. The van der Waals surface area contributed by atoms with Gasteiger partial charge < -0.3 is 35.1 Å². The zero-order chi connectivity index (χ0) is 53.9. The number of unbranched alkanes of at least 4 members (excludes halogenated alkanes) is 5. The van der Waals surface area contributed by atoms with Crippen LogP contribution >= 0.6 is 11.3 Å². The van der Waals surface area contributed by atoms with Gasteiger partial charge in [0.2, 0.25) is 11.8 Å². The van der Waals surface area contributed by atoms with Crippen molar-refractivity contribution in [2.24, 2.45) is 11.3 Å². The predicted molar refractivity (Wildman–Crippen MR) is 296 cm³/mol. The summed E-state index contributed by atoms with van der Waals surface area (Å²) in [6, 6.07) is 17.2. The van der Waals surface area contributed by atoms with Crippen LogP contribution in [0.4, 0.5) is 0 Å². The first-order valence-electron chi connectivity index (χ1n) is 27.7. The molecule has 14 nitrogen and oxygen atoms in total. The molecule has 0 bridgehead atoms. The number of benzene rings is 3. The molecule has 2 aromatic heterocycles. The van der Waals surface area contributed by atoms with Gasteiger partial charge in [-0.15, -0.1) is 11.3 Å². The smallest absolute Gasteiger partial charge is 0.251 e. The summed E-state index contributed by atoms with van der Waals surface area (Å²) in [6.07, 6.45) is 12.8. The van der Waals surface area contributed by atoms with E-state index in [-0.39, 0.29) is 67.7 Å². The van der Waals surface area contributed by atoms with Gasteiger partial charge in [-0.1, -0.05) is 82.9 Å². The Morgan fingerprint density at radius 1 is 0.895 bits per heavy atom. The highest BCUT2D eigenvalue weighted by atomic mass is 32.1. The van der Waals surface area contributed by atoms with Crippen LogP contribution in [0.25, 0.3) is 21.7 Å². The monoisotopic (exact) mass is 1050 g/mol. The maximum Gasteiger partial charge on any atom is 0.251 e. The van der Waals surface area contributed by atoms with E-state index in [9.17, 15) is 34.2 Å². The molecular formula is C61H78N6O8S. The van der Waals surface area contributed by atoms with Gasteiger partial charge in [-0.3, -0.25) is 24.0 Å². The molecule has 3 aromatic carbocycles. The Labute approximate surface area is 452 Å². The number of thiazole rings is 1. The topological polar surface area (TPSA) is 193 Å². The second-order valence-corrected chi connectivity index (χ2v) is 23.2. The zero-order valence-electron chi connectivity index (χ0n) is 45.3. The van der Waals surface area contributed by atoms with Crippen molar-refractivity contribution < 1.29 is 38.9 Å². The fraction of sp³-hybridized carbons (Fsp3) is 0.525. The number of hydrogen-bond donors (Lipinski definition) is 4. The third kappa shape index (κ3) is 14.3. The lowest BCUT2D eigenvalue weighted by molar-refractivity contribution is -0.145. The first-order chi connectivity index (χ1) is 36.6. The number of hydrogen-bond acceptors (Lipinski definition) is 11. The number of aliphatic hydroxyl groups is 2. The summed E-state index contributed by atoms with van der Waals surface area (Å²) in [5.41, 5.74) is 10.6. The molecule has 3 amide bonds. The number of rotatable bonds is 26. The Bertz CT molecular complexity index is 2830. The number of ketones is 2. The van der Waals surface area contributed by atoms with Gasteiger partial charge in [0.05, 0.1) is 53.2 Å². The Kier molecular flexibility index (Phi) is 19.1. The van der Waals surface area contributed by atoms with Crippen molar-refractivity contribution in [2.45, 2.75) is 175 Å². The largest absolute Gasteiger partial charge is 0.493 e. The van der Waals surface area contributed by atoms with E-state index in [2.05, 4.69) is 44.6 Å². The van der Waals surface area contributed by atoms with Crippen LogP contribution in [0, 0.1) is 25.2 Å². The lowest BCUT2D eigenvalue weighted by atomic mass is 9.76. The van der Waals surface area contributed by atoms with E-state index in [0.29, 0.717) is 55.7 Å². The van der Waals surface area contributed by atoms with Gasteiger partial charge in [-0.25, -0.2) is 9.97 Å². The Hall–Kier alpha value is -6.03. The SMILES string of the molecule is Cc1ncsc1-c1ccc(CCC(=O)[C@@H]2C[C@@H](O)CN2C(=O)[C@@H](CC(=O)CCCCCCCCC(=O)NCCCOc2cc(C(=O)N[C@@H]3CCc4ccc(-c5cn6c(n5)CCC6)cc43)cc(CO)c2C)C(C)(C)C)cc1. The van der Waals surface area contributed by atoms with Gasteiger partial charge in [0.25, 0.3) is 5.91 Å². The highest BCUT2D eigenvalue weighted by molar-refractivity contribution is 7.13. The van der Waals surface area contributed by atoms with Crippen molar-refractivity contribution >= 4 is 40.6 Å². The molecule has 406 valence electrons. The van der Waals surface area contributed by atoms with Crippen LogP contribution in [0.2, 0.25) is 0 Å². The summed E-state index contributed by atoms with van der Waals surface area (Å²) in [5, 5.41) is 27.1. The van der Waals surface area contributed by atoms with Gasteiger partial charge in [0.15, 0.2) is 5.78 Å². The van der Waals surface area contributed by atoms with Crippen LogP contribution in [-0.4, -0.2) is 90.8 Å². The summed E-state index contributed by atoms with van der Waals surface area (Å²) in [6.45, 7) is 11.4. The van der Waals surface area contributed by atoms with Crippen molar-refractivity contribution in [2.75, 3.05) is 19.7 Å². The van der Waals surface area contributed by atoms with E-state index in [1.807, 2.05) is 64.4 Å². The van der Waals surface area contributed by atoms with E-state index in [0.717, 1.165) is 121 Å². The molecule has 2 aliphatic heterocycles. The number of carbonyl (C=O) groups is 5. The zero-order valence-corrected chi connectivity index (χ0v) is 46.1. The van der Waals surface area contributed by atoms with Crippen LogP contribution in [0.15, 0.2) is 66.3 Å². The molecule has 1 saturated heterocycles. The summed E-state index contributed by atoms with van der Waals surface area (Å²) >= 11 is 1.60. The van der Waals surface area contributed by atoms with E-state index in [1.54, 1.807) is 28.4 Å². The maximum absolute atomic E-state index is 14.1. The first kappa shape index (κ1) is 56.2. The van der Waals surface area contributed by atoms with E-state index in [1.165, 1.54) is 5.56 Å². The third-order valence-corrected chi connectivity index (χ3v) is 16.7.